The number of nitrogens with zero attached hydrogens (tertiary/aromatic N) is 2. The average Bonchev–Trinajstić information content (AvgIpc) is 2.84. The number of ether oxygens (including phenoxy) is 4. The van der Waals surface area contributed by atoms with Crippen molar-refractivity contribution < 1.29 is 33.5 Å². The number of hydrogen-bond acceptors (Lipinski definition) is 9. The van der Waals surface area contributed by atoms with Crippen LogP contribution in [0.2, 0.25) is 0 Å². The number of carbonyl (C=O) groups excluding carboxylic acids is 2. The molecular formula is C23H27N3O8. The molecule has 182 valence electrons. The summed E-state index contributed by atoms with van der Waals surface area (Å²) in [6.07, 6.45) is 0. The number of rotatable bonds is 10. The van der Waals surface area contributed by atoms with E-state index in [0.29, 0.717) is 62.4 Å². The number of morpholine rings is 1. The van der Waals surface area contributed by atoms with Gasteiger partial charge in [-0.05, 0) is 32.0 Å². The summed E-state index contributed by atoms with van der Waals surface area (Å²) in [7, 11) is 0. The molecule has 1 fully saturated rings. The Balaban J connectivity index is 1.69. The van der Waals surface area contributed by atoms with E-state index < -0.39 is 23.4 Å². The van der Waals surface area contributed by atoms with Crippen LogP contribution in [0.1, 0.15) is 24.2 Å². The third-order valence-electron chi connectivity index (χ3n) is 4.92. The van der Waals surface area contributed by atoms with E-state index in [9.17, 15) is 19.7 Å². The molecule has 0 saturated carbocycles. The lowest BCUT2D eigenvalue weighted by Gasteiger charge is -2.30. The molecule has 0 aromatic heterocycles. The number of nitro benzene ring substituents is 1. The van der Waals surface area contributed by atoms with Crippen molar-refractivity contribution in [2.24, 2.45) is 0 Å². The van der Waals surface area contributed by atoms with Crippen LogP contribution in [0.3, 0.4) is 0 Å². The van der Waals surface area contributed by atoms with Crippen molar-refractivity contribution >= 4 is 28.9 Å². The van der Waals surface area contributed by atoms with Gasteiger partial charge < -0.3 is 29.2 Å². The van der Waals surface area contributed by atoms with Crippen molar-refractivity contribution in [3.8, 4) is 11.5 Å². The van der Waals surface area contributed by atoms with Crippen LogP contribution in [-0.4, -0.2) is 62.9 Å². The van der Waals surface area contributed by atoms with Crippen LogP contribution in [0.15, 0.2) is 36.4 Å². The summed E-state index contributed by atoms with van der Waals surface area (Å²) in [5.41, 5.74) is 0.708. The Hall–Kier alpha value is -3.86. The molecule has 0 aliphatic carbocycles. The Kier molecular flexibility index (Phi) is 8.63. The highest BCUT2D eigenvalue weighted by atomic mass is 16.6. The molecule has 1 amide bonds. The first-order valence-electron chi connectivity index (χ1n) is 10.9. The molecule has 0 unspecified atom stereocenters. The SMILES string of the molecule is CCOc1ccc(NC(=O)COC(=O)c2cc([N+](=O)[O-])ccc2N2CCOCC2)cc1OCC. The highest BCUT2D eigenvalue weighted by Crippen LogP contribution is 2.31. The van der Waals surface area contributed by atoms with E-state index in [-0.39, 0.29) is 11.3 Å². The first-order chi connectivity index (χ1) is 16.4. The van der Waals surface area contributed by atoms with Gasteiger partial charge in [0.05, 0.1) is 42.6 Å². The third-order valence-corrected chi connectivity index (χ3v) is 4.92. The largest absolute Gasteiger partial charge is 0.490 e. The van der Waals surface area contributed by atoms with Gasteiger partial charge in [-0.15, -0.1) is 0 Å². The van der Waals surface area contributed by atoms with Gasteiger partial charge in [-0.2, -0.15) is 0 Å². The lowest BCUT2D eigenvalue weighted by atomic mass is 10.1. The number of hydrogen-bond donors (Lipinski definition) is 1. The van der Waals surface area contributed by atoms with Crippen molar-refractivity contribution in [2.45, 2.75) is 13.8 Å². The number of nitro groups is 1. The summed E-state index contributed by atoms with van der Waals surface area (Å²) in [5, 5.41) is 13.8. The predicted octanol–water partition coefficient (Wildman–Crippen LogP) is 3.02. The second-order valence-corrected chi connectivity index (χ2v) is 7.21. The number of benzene rings is 2. The Morgan fingerprint density at radius 1 is 1.06 bits per heavy atom. The maximum Gasteiger partial charge on any atom is 0.341 e. The minimum atomic E-state index is -0.831. The molecule has 11 nitrogen and oxygen atoms in total. The van der Waals surface area contributed by atoms with E-state index >= 15 is 0 Å². The minimum Gasteiger partial charge on any atom is -0.490 e. The number of non-ortho nitro benzene ring substituents is 1. The molecule has 1 aliphatic heterocycles. The molecule has 2 aromatic carbocycles. The Bertz CT molecular complexity index is 1040. The summed E-state index contributed by atoms with van der Waals surface area (Å²) in [5.74, 6) is -0.374. The number of carbonyl (C=O) groups is 2. The molecule has 34 heavy (non-hydrogen) atoms. The molecule has 0 atom stereocenters. The van der Waals surface area contributed by atoms with Crippen molar-refractivity contribution in [1.82, 2.24) is 0 Å². The van der Waals surface area contributed by atoms with Gasteiger partial charge in [0, 0.05) is 37.0 Å². The highest BCUT2D eigenvalue weighted by molar-refractivity contribution is 5.99. The van der Waals surface area contributed by atoms with Gasteiger partial charge in [0.15, 0.2) is 18.1 Å². The zero-order chi connectivity index (χ0) is 24.5. The number of esters is 1. The van der Waals surface area contributed by atoms with E-state index in [1.54, 1.807) is 18.2 Å². The lowest BCUT2D eigenvalue weighted by molar-refractivity contribution is -0.384. The van der Waals surface area contributed by atoms with E-state index in [4.69, 9.17) is 18.9 Å². The topological polar surface area (TPSA) is 129 Å². The number of amides is 1. The maximum atomic E-state index is 12.8. The predicted molar refractivity (Wildman–Crippen MR) is 124 cm³/mol. The quantitative estimate of drug-likeness (QED) is 0.314. The first-order valence-corrected chi connectivity index (χ1v) is 10.9. The van der Waals surface area contributed by atoms with Gasteiger partial charge in [-0.1, -0.05) is 0 Å². The summed E-state index contributed by atoms with van der Waals surface area (Å²) in [6.45, 7) is 6.00. The maximum absolute atomic E-state index is 12.8. The highest BCUT2D eigenvalue weighted by Gasteiger charge is 2.23. The van der Waals surface area contributed by atoms with Crippen molar-refractivity contribution in [2.75, 3.05) is 56.3 Å². The van der Waals surface area contributed by atoms with Crippen LogP contribution in [0.5, 0.6) is 11.5 Å². The average molecular weight is 473 g/mol. The first kappa shape index (κ1) is 24.8. The third kappa shape index (κ3) is 6.35. The molecule has 11 heteroatoms. The smallest absolute Gasteiger partial charge is 0.341 e. The van der Waals surface area contributed by atoms with Gasteiger partial charge in [0.1, 0.15) is 0 Å². The Morgan fingerprint density at radius 3 is 2.44 bits per heavy atom. The molecule has 0 spiro atoms. The van der Waals surface area contributed by atoms with Crippen LogP contribution >= 0.6 is 0 Å². The van der Waals surface area contributed by atoms with Crippen LogP contribution in [0.4, 0.5) is 17.1 Å². The summed E-state index contributed by atoms with van der Waals surface area (Å²) >= 11 is 0. The molecular weight excluding hydrogens is 446 g/mol. The lowest BCUT2D eigenvalue weighted by Crippen LogP contribution is -2.37. The fourth-order valence-electron chi connectivity index (χ4n) is 3.42. The van der Waals surface area contributed by atoms with Gasteiger partial charge in [0.2, 0.25) is 0 Å². The van der Waals surface area contributed by atoms with Crippen molar-refractivity contribution in [3.05, 3.63) is 52.1 Å². The number of nitrogens with one attached hydrogen (secondary N) is 1. The van der Waals surface area contributed by atoms with Gasteiger partial charge in [-0.3, -0.25) is 14.9 Å². The van der Waals surface area contributed by atoms with Crippen LogP contribution in [-0.2, 0) is 14.3 Å². The molecule has 3 rings (SSSR count). The van der Waals surface area contributed by atoms with Crippen LogP contribution in [0, 0.1) is 10.1 Å². The van der Waals surface area contributed by atoms with Gasteiger partial charge in [0.25, 0.3) is 11.6 Å². The van der Waals surface area contributed by atoms with E-state index in [2.05, 4.69) is 5.32 Å². The zero-order valence-electron chi connectivity index (χ0n) is 19.1. The fourth-order valence-corrected chi connectivity index (χ4v) is 3.42. The monoisotopic (exact) mass is 473 g/mol. The minimum absolute atomic E-state index is 0.0172. The zero-order valence-corrected chi connectivity index (χ0v) is 19.1. The van der Waals surface area contributed by atoms with Crippen LogP contribution < -0.4 is 19.7 Å². The normalized spacial score (nSPS) is 13.2. The van der Waals surface area contributed by atoms with Gasteiger partial charge in [-0.25, -0.2) is 4.79 Å². The standard InChI is InChI=1S/C23H27N3O8/c1-3-32-20-8-5-16(13-21(20)33-4-2)24-22(27)15-34-23(28)18-14-17(26(29)30)6-7-19(18)25-9-11-31-12-10-25/h5-8,13-14H,3-4,9-12,15H2,1-2H3,(H,24,27). The fraction of sp³-hybridized carbons (Fsp3) is 0.391. The van der Waals surface area contributed by atoms with E-state index in [1.807, 2.05) is 18.7 Å². The molecule has 1 aliphatic rings. The molecule has 2 aromatic rings. The molecule has 1 heterocycles. The molecule has 1 saturated heterocycles. The second-order valence-electron chi connectivity index (χ2n) is 7.21. The summed E-state index contributed by atoms with van der Waals surface area (Å²) < 4.78 is 21.5. The Morgan fingerprint density at radius 2 is 1.76 bits per heavy atom. The van der Waals surface area contributed by atoms with E-state index in [1.165, 1.54) is 12.1 Å². The Labute approximate surface area is 196 Å². The second kappa shape index (κ2) is 11.8. The molecule has 1 N–H and O–H groups in total. The molecule has 0 bridgehead atoms. The summed E-state index contributed by atoms with van der Waals surface area (Å²) in [6, 6.07) is 8.93. The van der Waals surface area contributed by atoms with Crippen molar-refractivity contribution in [1.29, 1.82) is 0 Å². The number of anilines is 2. The van der Waals surface area contributed by atoms with Crippen LogP contribution in [0.25, 0.3) is 0 Å². The molecule has 0 radical (unpaired) electrons. The summed E-state index contributed by atoms with van der Waals surface area (Å²) in [4.78, 5) is 37.7. The van der Waals surface area contributed by atoms with Crippen molar-refractivity contribution in [3.63, 3.8) is 0 Å². The van der Waals surface area contributed by atoms with Gasteiger partial charge >= 0.3 is 5.97 Å². The van der Waals surface area contributed by atoms with E-state index in [0.717, 1.165) is 6.07 Å².